The summed E-state index contributed by atoms with van der Waals surface area (Å²) in [5.41, 5.74) is 2.88. The van der Waals surface area contributed by atoms with E-state index in [1.165, 1.54) is 11.1 Å². The standard InChI is InChI=1S/C18H30N2O/c1-5-18(2)12-17(10-11-21-18)19-13-15-8-6-7-9-16(15)14-20(3)4/h6-9,17,19H,5,10-14H2,1-4H3. The van der Waals surface area contributed by atoms with Gasteiger partial charge in [0.2, 0.25) is 0 Å². The van der Waals surface area contributed by atoms with E-state index >= 15 is 0 Å². The van der Waals surface area contributed by atoms with Crippen molar-refractivity contribution in [2.75, 3.05) is 20.7 Å². The number of nitrogens with zero attached hydrogens (tertiary/aromatic N) is 1. The van der Waals surface area contributed by atoms with Gasteiger partial charge in [0.15, 0.2) is 0 Å². The Balaban J connectivity index is 1.94. The third kappa shape index (κ3) is 4.80. The van der Waals surface area contributed by atoms with Gasteiger partial charge in [0.25, 0.3) is 0 Å². The Kier molecular flexibility index (Phi) is 5.80. The van der Waals surface area contributed by atoms with Crippen LogP contribution in [-0.4, -0.2) is 37.2 Å². The second-order valence-electron chi connectivity index (χ2n) is 6.73. The van der Waals surface area contributed by atoms with Crippen molar-refractivity contribution >= 4 is 0 Å². The normalized spacial score (nSPS) is 26.2. The molecule has 21 heavy (non-hydrogen) atoms. The lowest BCUT2D eigenvalue weighted by Gasteiger charge is -2.38. The van der Waals surface area contributed by atoms with Crippen molar-refractivity contribution < 1.29 is 4.74 Å². The lowest BCUT2D eigenvalue weighted by atomic mass is 9.90. The molecule has 0 aliphatic carbocycles. The molecule has 0 saturated carbocycles. The molecule has 1 aromatic rings. The lowest BCUT2D eigenvalue weighted by Crippen LogP contribution is -2.44. The summed E-state index contributed by atoms with van der Waals surface area (Å²) in [5, 5.41) is 3.74. The van der Waals surface area contributed by atoms with E-state index in [0.717, 1.165) is 39.0 Å². The molecule has 2 unspecified atom stereocenters. The topological polar surface area (TPSA) is 24.5 Å². The molecule has 1 saturated heterocycles. The monoisotopic (exact) mass is 290 g/mol. The summed E-state index contributed by atoms with van der Waals surface area (Å²) < 4.78 is 5.93. The van der Waals surface area contributed by atoms with Crippen LogP contribution in [0.4, 0.5) is 0 Å². The van der Waals surface area contributed by atoms with Crippen molar-refractivity contribution in [3.8, 4) is 0 Å². The molecule has 1 N–H and O–H groups in total. The third-order valence-electron chi connectivity index (χ3n) is 4.53. The van der Waals surface area contributed by atoms with Crippen LogP contribution >= 0.6 is 0 Å². The summed E-state index contributed by atoms with van der Waals surface area (Å²) in [7, 11) is 4.24. The number of hydrogen-bond donors (Lipinski definition) is 1. The third-order valence-corrected chi connectivity index (χ3v) is 4.53. The summed E-state index contributed by atoms with van der Waals surface area (Å²) in [4.78, 5) is 2.22. The van der Waals surface area contributed by atoms with Gasteiger partial charge in [-0.2, -0.15) is 0 Å². The molecule has 0 radical (unpaired) electrons. The summed E-state index contributed by atoms with van der Waals surface area (Å²) in [6, 6.07) is 9.30. The molecule has 0 aromatic heterocycles. The number of ether oxygens (including phenoxy) is 1. The largest absolute Gasteiger partial charge is 0.375 e. The highest BCUT2D eigenvalue weighted by Gasteiger charge is 2.31. The summed E-state index contributed by atoms with van der Waals surface area (Å²) in [6.45, 7) is 7.28. The minimum Gasteiger partial charge on any atom is -0.375 e. The van der Waals surface area contributed by atoms with E-state index in [2.05, 4.69) is 62.4 Å². The van der Waals surface area contributed by atoms with Crippen molar-refractivity contribution in [1.29, 1.82) is 0 Å². The quantitative estimate of drug-likeness (QED) is 0.871. The average Bonchev–Trinajstić information content (AvgIpc) is 2.46. The minimum atomic E-state index is 0.0546. The molecule has 1 heterocycles. The van der Waals surface area contributed by atoms with Gasteiger partial charge in [-0.3, -0.25) is 0 Å². The van der Waals surface area contributed by atoms with Crippen LogP contribution in [0.3, 0.4) is 0 Å². The zero-order valence-electron chi connectivity index (χ0n) is 14.0. The van der Waals surface area contributed by atoms with Crippen molar-refractivity contribution in [3.63, 3.8) is 0 Å². The van der Waals surface area contributed by atoms with Crippen molar-refractivity contribution in [2.24, 2.45) is 0 Å². The molecule has 0 bridgehead atoms. The minimum absolute atomic E-state index is 0.0546. The fourth-order valence-electron chi connectivity index (χ4n) is 3.03. The van der Waals surface area contributed by atoms with Gasteiger partial charge in [-0.05, 0) is 51.4 Å². The van der Waals surface area contributed by atoms with E-state index in [4.69, 9.17) is 4.74 Å². The second kappa shape index (κ2) is 7.39. The second-order valence-corrected chi connectivity index (χ2v) is 6.73. The first-order valence-electron chi connectivity index (χ1n) is 8.11. The number of rotatable bonds is 6. The van der Waals surface area contributed by atoms with E-state index in [1.54, 1.807) is 0 Å². The Morgan fingerprint density at radius 3 is 2.67 bits per heavy atom. The molecule has 0 amide bonds. The molecular weight excluding hydrogens is 260 g/mol. The molecular formula is C18H30N2O. The van der Waals surface area contributed by atoms with Crippen molar-refractivity contribution in [3.05, 3.63) is 35.4 Å². The highest BCUT2D eigenvalue weighted by Crippen LogP contribution is 2.28. The maximum absolute atomic E-state index is 5.93. The predicted octanol–water partition coefficient (Wildman–Crippen LogP) is 3.19. The number of benzene rings is 1. The maximum Gasteiger partial charge on any atom is 0.0666 e. The zero-order valence-corrected chi connectivity index (χ0v) is 14.0. The summed E-state index contributed by atoms with van der Waals surface area (Å²) in [5.74, 6) is 0. The molecule has 2 atom stereocenters. The van der Waals surface area contributed by atoms with E-state index < -0.39 is 0 Å². The highest BCUT2D eigenvalue weighted by atomic mass is 16.5. The Bertz CT molecular complexity index is 447. The fourth-order valence-corrected chi connectivity index (χ4v) is 3.03. The van der Waals surface area contributed by atoms with E-state index in [1.807, 2.05) is 0 Å². The van der Waals surface area contributed by atoms with Gasteiger partial charge < -0.3 is 15.0 Å². The number of nitrogens with one attached hydrogen (secondary N) is 1. The lowest BCUT2D eigenvalue weighted by molar-refractivity contribution is -0.0781. The van der Waals surface area contributed by atoms with Gasteiger partial charge in [0.05, 0.1) is 5.60 Å². The molecule has 0 spiro atoms. The molecule has 1 aliphatic rings. The van der Waals surface area contributed by atoms with E-state index in [0.29, 0.717) is 6.04 Å². The average molecular weight is 290 g/mol. The van der Waals surface area contributed by atoms with Crippen LogP contribution in [0.15, 0.2) is 24.3 Å². The van der Waals surface area contributed by atoms with Crippen LogP contribution < -0.4 is 5.32 Å². The van der Waals surface area contributed by atoms with E-state index in [9.17, 15) is 0 Å². The Morgan fingerprint density at radius 1 is 1.29 bits per heavy atom. The molecule has 3 heteroatoms. The Labute approximate surface area is 129 Å². The maximum atomic E-state index is 5.93. The Morgan fingerprint density at radius 2 is 2.00 bits per heavy atom. The van der Waals surface area contributed by atoms with Gasteiger partial charge in [-0.25, -0.2) is 0 Å². The van der Waals surface area contributed by atoms with Crippen LogP contribution in [0.2, 0.25) is 0 Å². The predicted molar refractivity (Wildman–Crippen MR) is 88.3 cm³/mol. The summed E-state index contributed by atoms with van der Waals surface area (Å²) >= 11 is 0. The smallest absolute Gasteiger partial charge is 0.0666 e. The van der Waals surface area contributed by atoms with Crippen LogP contribution in [-0.2, 0) is 17.8 Å². The van der Waals surface area contributed by atoms with Crippen LogP contribution in [0.5, 0.6) is 0 Å². The Hall–Kier alpha value is -0.900. The van der Waals surface area contributed by atoms with Gasteiger partial charge in [-0.15, -0.1) is 0 Å². The first-order chi connectivity index (χ1) is 10.0. The highest BCUT2D eigenvalue weighted by molar-refractivity contribution is 5.27. The van der Waals surface area contributed by atoms with Crippen molar-refractivity contribution in [2.45, 2.75) is 57.8 Å². The van der Waals surface area contributed by atoms with Crippen LogP contribution in [0.1, 0.15) is 44.2 Å². The van der Waals surface area contributed by atoms with Crippen molar-refractivity contribution in [1.82, 2.24) is 10.2 Å². The molecule has 2 rings (SSSR count). The van der Waals surface area contributed by atoms with Crippen LogP contribution in [0.25, 0.3) is 0 Å². The SMILES string of the molecule is CCC1(C)CC(NCc2ccccc2CN(C)C)CCO1. The molecule has 1 aromatic carbocycles. The van der Waals surface area contributed by atoms with Gasteiger partial charge in [-0.1, -0.05) is 31.2 Å². The van der Waals surface area contributed by atoms with Gasteiger partial charge in [0.1, 0.15) is 0 Å². The fraction of sp³-hybridized carbons (Fsp3) is 0.667. The van der Waals surface area contributed by atoms with E-state index in [-0.39, 0.29) is 5.60 Å². The van der Waals surface area contributed by atoms with Gasteiger partial charge >= 0.3 is 0 Å². The summed E-state index contributed by atoms with van der Waals surface area (Å²) in [6.07, 6.45) is 3.31. The number of hydrogen-bond acceptors (Lipinski definition) is 3. The molecule has 1 aliphatic heterocycles. The molecule has 118 valence electrons. The zero-order chi connectivity index (χ0) is 15.3. The molecule has 1 fully saturated rings. The first-order valence-corrected chi connectivity index (χ1v) is 8.11. The van der Waals surface area contributed by atoms with Crippen LogP contribution in [0, 0.1) is 0 Å². The van der Waals surface area contributed by atoms with Gasteiger partial charge in [0, 0.05) is 25.7 Å². The molecule has 3 nitrogen and oxygen atoms in total. The first kappa shape index (κ1) is 16.5.